The van der Waals surface area contributed by atoms with Gasteiger partial charge in [0.15, 0.2) is 11.5 Å². The maximum Gasteiger partial charge on any atom is 0.262 e. The molecular formula is C30H34BrN3O5. The summed E-state index contributed by atoms with van der Waals surface area (Å²) in [6, 6.07) is 17.6. The first-order valence-electron chi connectivity index (χ1n) is 12.6. The van der Waals surface area contributed by atoms with Crippen molar-refractivity contribution in [2.24, 2.45) is 11.0 Å². The van der Waals surface area contributed by atoms with Crippen LogP contribution in [0, 0.1) is 12.8 Å². The zero-order valence-corrected chi connectivity index (χ0v) is 24.4. The molecule has 0 radical (unpaired) electrons. The molecule has 0 aliphatic carbocycles. The smallest absolute Gasteiger partial charge is 0.262 e. The number of nitrogens with zero attached hydrogens (tertiary/aromatic N) is 1. The highest BCUT2D eigenvalue weighted by atomic mass is 79.9. The minimum atomic E-state index is -0.778. The molecule has 1 atom stereocenters. The first-order valence-corrected chi connectivity index (χ1v) is 13.4. The maximum atomic E-state index is 12.9. The number of amides is 2. The largest absolute Gasteiger partial charge is 0.497 e. The molecule has 2 N–H and O–H groups in total. The second kappa shape index (κ2) is 14.3. The molecule has 8 nitrogen and oxygen atoms in total. The third-order valence-electron chi connectivity index (χ3n) is 5.81. The van der Waals surface area contributed by atoms with Gasteiger partial charge in [-0.2, -0.15) is 5.10 Å². The molecule has 0 aliphatic heterocycles. The van der Waals surface area contributed by atoms with E-state index in [1.54, 1.807) is 37.4 Å². The summed E-state index contributed by atoms with van der Waals surface area (Å²) >= 11 is 3.57. The first kappa shape index (κ1) is 29.7. The number of hydrogen-bond donors (Lipinski definition) is 2. The molecule has 0 spiro atoms. The van der Waals surface area contributed by atoms with Gasteiger partial charge >= 0.3 is 0 Å². The Labute approximate surface area is 237 Å². The van der Waals surface area contributed by atoms with Gasteiger partial charge in [0.1, 0.15) is 18.4 Å². The van der Waals surface area contributed by atoms with Crippen LogP contribution < -0.4 is 25.0 Å². The number of hydrazone groups is 1. The topological polar surface area (TPSA) is 98.2 Å². The second-order valence-electron chi connectivity index (χ2n) is 9.20. The van der Waals surface area contributed by atoms with Gasteiger partial charge in [-0.05, 0) is 83.2 Å². The molecule has 0 fully saturated rings. The van der Waals surface area contributed by atoms with Gasteiger partial charge in [-0.1, -0.05) is 43.7 Å². The lowest BCUT2D eigenvalue weighted by molar-refractivity contribution is -0.123. The van der Waals surface area contributed by atoms with Gasteiger partial charge in [-0.25, -0.2) is 5.43 Å². The quantitative estimate of drug-likeness (QED) is 0.208. The molecule has 1 unspecified atom stereocenters. The van der Waals surface area contributed by atoms with E-state index in [9.17, 15) is 9.59 Å². The number of aryl methyl sites for hydroxylation is 1. The van der Waals surface area contributed by atoms with Crippen molar-refractivity contribution in [3.63, 3.8) is 0 Å². The van der Waals surface area contributed by atoms with E-state index in [1.807, 2.05) is 58.0 Å². The third-order valence-corrected chi connectivity index (χ3v) is 6.40. The molecule has 0 heterocycles. The fraction of sp³-hybridized carbons (Fsp3) is 0.300. The van der Waals surface area contributed by atoms with Crippen LogP contribution in [-0.2, 0) is 11.4 Å². The van der Waals surface area contributed by atoms with Gasteiger partial charge < -0.3 is 19.5 Å². The number of benzene rings is 3. The van der Waals surface area contributed by atoms with Crippen LogP contribution in [0.3, 0.4) is 0 Å². The highest BCUT2D eigenvalue weighted by Gasteiger charge is 2.24. The van der Waals surface area contributed by atoms with Gasteiger partial charge in [-0.15, -0.1) is 0 Å². The Bertz CT molecular complexity index is 1290. The summed E-state index contributed by atoms with van der Waals surface area (Å²) in [5.74, 6) is 0.834. The van der Waals surface area contributed by atoms with Crippen molar-refractivity contribution < 1.29 is 23.8 Å². The molecule has 39 heavy (non-hydrogen) atoms. The average molecular weight is 597 g/mol. The average Bonchev–Trinajstić information content (AvgIpc) is 2.92. The normalized spacial score (nSPS) is 11.8. The number of carbonyl (C=O) groups excluding carboxylic acids is 2. The standard InChI is InChI=1S/C30H34BrN3O5/c1-6-38-26-16-22(15-25(31)28(26)39-18-21-9-7-20(4)8-10-21)17-32-34-30(36)27(19(2)3)33-29(35)23-11-13-24(37-5)14-12-23/h7-17,19,27H,6,18H2,1-5H3,(H,33,35)(H,34,36)/b32-17+. The number of hydrogen-bond acceptors (Lipinski definition) is 6. The molecule has 3 aromatic rings. The molecule has 0 bridgehead atoms. The summed E-state index contributed by atoms with van der Waals surface area (Å²) in [6.45, 7) is 8.48. The molecule has 3 aromatic carbocycles. The Kier molecular flexibility index (Phi) is 10.9. The zero-order valence-electron chi connectivity index (χ0n) is 22.8. The lowest BCUT2D eigenvalue weighted by Gasteiger charge is -2.20. The van der Waals surface area contributed by atoms with Crippen molar-refractivity contribution >= 4 is 34.0 Å². The fourth-order valence-corrected chi connectivity index (χ4v) is 4.22. The van der Waals surface area contributed by atoms with Crippen LogP contribution in [-0.4, -0.2) is 37.8 Å². The zero-order chi connectivity index (χ0) is 28.4. The molecule has 206 valence electrons. The van der Waals surface area contributed by atoms with Crippen molar-refractivity contribution in [2.75, 3.05) is 13.7 Å². The summed E-state index contributed by atoms with van der Waals surface area (Å²) in [6.07, 6.45) is 1.51. The number of methoxy groups -OCH3 is 1. The van der Waals surface area contributed by atoms with E-state index < -0.39 is 11.9 Å². The molecule has 3 rings (SSSR count). The van der Waals surface area contributed by atoms with E-state index in [0.29, 0.717) is 46.1 Å². The Morgan fingerprint density at radius 3 is 2.33 bits per heavy atom. The maximum absolute atomic E-state index is 12.9. The molecule has 0 aliphatic rings. The summed E-state index contributed by atoms with van der Waals surface area (Å²) in [5, 5.41) is 6.89. The summed E-state index contributed by atoms with van der Waals surface area (Å²) in [7, 11) is 1.56. The first-order chi connectivity index (χ1) is 18.7. The predicted molar refractivity (Wildman–Crippen MR) is 156 cm³/mol. The molecule has 0 saturated carbocycles. The second-order valence-corrected chi connectivity index (χ2v) is 10.0. The molecule has 9 heteroatoms. The van der Waals surface area contributed by atoms with Crippen molar-refractivity contribution in [1.29, 1.82) is 0 Å². The third kappa shape index (κ3) is 8.58. The van der Waals surface area contributed by atoms with Crippen molar-refractivity contribution in [1.82, 2.24) is 10.7 Å². The number of rotatable bonds is 12. The molecule has 0 saturated heterocycles. The SMILES string of the molecule is CCOc1cc(/C=N/NC(=O)C(NC(=O)c2ccc(OC)cc2)C(C)C)cc(Br)c1OCc1ccc(C)cc1. The Hall–Kier alpha value is -3.85. The minimum Gasteiger partial charge on any atom is -0.497 e. The van der Waals surface area contributed by atoms with Gasteiger partial charge in [0.05, 0.1) is 24.4 Å². The Morgan fingerprint density at radius 2 is 1.72 bits per heavy atom. The van der Waals surface area contributed by atoms with Crippen LogP contribution in [0.1, 0.15) is 47.8 Å². The summed E-state index contributed by atoms with van der Waals surface area (Å²) in [5.41, 5.74) is 5.88. The monoisotopic (exact) mass is 595 g/mol. The van der Waals surface area contributed by atoms with Crippen LogP contribution in [0.2, 0.25) is 0 Å². The van der Waals surface area contributed by atoms with Crippen molar-refractivity contribution in [3.8, 4) is 17.2 Å². The molecular weight excluding hydrogens is 562 g/mol. The van der Waals surface area contributed by atoms with E-state index >= 15 is 0 Å². The van der Waals surface area contributed by atoms with Gasteiger partial charge in [0, 0.05) is 5.56 Å². The number of ether oxygens (including phenoxy) is 3. The molecule has 2 amide bonds. The number of halogens is 1. The van der Waals surface area contributed by atoms with Gasteiger partial charge in [0.2, 0.25) is 0 Å². The molecule has 0 aromatic heterocycles. The summed E-state index contributed by atoms with van der Waals surface area (Å²) in [4.78, 5) is 25.5. The van der Waals surface area contributed by atoms with Crippen LogP contribution >= 0.6 is 15.9 Å². The Morgan fingerprint density at radius 1 is 1.03 bits per heavy atom. The van der Waals surface area contributed by atoms with E-state index in [4.69, 9.17) is 14.2 Å². The highest BCUT2D eigenvalue weighted by Crippen LogP contribution is 2.37. The van der Waals surface area contributed by atoms with Crippen LogP contribution in [0.15, 0.2) is 70.2 Å². The fourth-order valence-electron chi connectivity index (χ4n) is 3.65. The van der Waals surface area contributed by atoms with Crippen LogP contribution in [0.4, 0.5) is 0 Å². The number of carbonyl (C=O) groups is 2. The van der Waals surface area contributed by atoms with Gasteiger partial charge in [0.25, 0.3) is 11.8 Å². The minimum absolute atomic E-state index is 0.161. The van der Waals surface area contributed by atoms with E-state index in [2.05, 4.69) is 31.8 Å². The van der Waals surface area contributed by atoms with Crippen LogP contribution in [0.25, 0.3) is 0 Å². The highest BCUT2D eigenvalue weighted by molar-refractivity contribution is 9.10. The van der Waals surface area contributed by atoms with E-state index in [0.717, 1.165) is 5.56 Å². The van der Waals surface area contributed by atoms with Crippen LogP contribution in [0.5, 0.6) is 17.2 Å². The van der Waals surface area contributed by atoms with Crippen molar-refractivity contribution in [3.05, 3.63) is 87.4 Å². The summed E-state index contributed by atoms with van der Waals surface area (Å²) < 4.78 is 17.7. The lowest BCUT2D eigenvalue weighted by Crippen LogP contribution is -2.48. The predicted octanol–water partition coefficient (Wildman–Crippen LogP) is 5.65. The van der Waals surface area contributed by atoms with Gasteiger partial charge in [-0.3, -0.25) is 9.59 Å². The lowest BCUT2D eigenvalue weighted by atomic mass is 10.0. The Balaban J connectivity index is 1.67. The van der Waals surface area contributed by atoms with E-state index in [-0.39, 0.29) is 11.8 Å². The van der Waals surface area contributed by atoms with E-state index in [1.165, 1.54) is 11.8 Å². The number of nitrogens with one attached hydrogen (secondary N) is 2. The van der Waals surface area contributed by atoms with Crippen molar-refractivity contribution in [2.45, 2.75) is 40.3 Å².